The third-order valence-electron chi connectivity index (χ3n) is 2.56. The average Bonchev–Trinajstić information content (AvgIpc) is 2.34. The van der Waals surface area contributed by atoms with Gasteiger partial charge in [0.1, 0.15) is 11.6 Å². The molecule has 1 aromatic heterocycles. The first-order valence-electron chi connectivity index (χ1n) is 5.39. The van der Waals surface area contributed by atoms with Gasteiger partial charge in [-0.15, -0.1) is 0 Å². The maximum absolute atomic E-state index is 13.0. The molecule has 2 N–H and O–H groups in total. The number of rotatable bonds is 3. The van der Waals surface area contributed by atoms with E-state index in [0.29, 0.717) is 18.2 Å². The second-order valence-electron chi connectivity index (χ2n) is 3.79. The molecule has 1 heterocycles. The minimum absolute atomic E-state index is 0.00875. The van der Waals surface area contributed by atoms with Crippen LogP contribution in [0.15, 0.2) is 30.5 Å². The molecule has 0 radical (unpaired) electrons. The Bertz CT molecular complexity index is 575. The zero-order valence-corrected chi connectivity index (χ0v) is 10.5. The summed E-state index contributed by atoms with van der Waals surface area (Å²) in [6.45, 7) is 2.25. The molecule has 0 amide bonds. The van der Waals surface area contributed by atoms with Gasteiger partial charge in [0.15, 0.2) is 0 Å². The molecule has 3 nitrogen and oxygen atoms in total. The van der Waals surface area contributed by atoms with E-state index in [2.05, 4.69) is 4.98 Å². The first-order chi connectivity index (χ1) is 8.61. The van der Waals surface area contributed by atoms with Crippen molar-refractivity contribution in [3.8, 4) is 11.6 Å². The van der Waals surface area contributed by atoms with Crippen molar-refractivity contribution in [2.24, 2.45) is 5.73 Å². The van der Waals surface area contributed by atoms with Crippen LogP contribution in [0.3, 0.4) is 0 Å². The fraction of sp³-hybridized carbons (Fsp3) is 0.154. The molecule has 0 aliphatic heterocycles. The summed E-state index contributed by atoms with van der Waals surface area (Å²) in [6, 6.07) is 6.00. The molecular formula is C13H12ClFN2O. The van der Waals surface area contributed by atoms with Crippen LogP contribution < -0.4 is 10.5 Å². The molecule has 0 spiro atoms. The monoisotopic (exact) mass is 266 g/mol. The number of nitrogens with zero attached hydrogens (tertiary/aromatic N) is 1. The molecule has 0 aliphatic rings. The van der Waals surface area contributed by atoms with E-state index in [1.165, 1.54) is 18.2 Å². The van der Waals surface area contributed by atoms with Gasteiger partial charge < -0.3 is 10.5 Å². The van der Waals surface area contributed by atoms with Gasteiger partial charge >= 0.3 is 0 Å². The third kappa shape index (κ3) is 2.60. The second-order valence-corrected chi connectivity index (χ2v) is 4.20. The van der Waals surface area contributed by atoms with Crippen molar-refractivity contribution in [3.63, 3.8) is 0 Å². The lowest BCUT2D eigenvalue weighted by Gasteiger charge is -2.11. The van der Waals surface area contributed by atoms with Crippen molar-refractivity contribution in [1.29, 1.82) is 0 Å². The van der Waals surface area contributed by atoms with Crippen LogP contribution in [-0.4, -0.2) is 4.98 Å². The summed E-state index contributed by atoms with van der Waals surface area (Å²) in [4.78, 5) is 4.12. The lowest BCUT2D eigenvalue weighted by Crippen LogP contribution is -2.03. The lowest BCUT2D eigenvalue weighted by molar-refractivity contribution is 0.454. The van der Waals surface area contributed by atoms with E-state index < -0.39 is 5.82 Å². The molecule has 1 aromatic carbocycles. The van der Waals surface area contributed by atoms with Crippen molar-refractivity contribution in [3.05, 3.63) is 52.4 Å². The van der Waals surface area contributed by atoms with Crippen LogP contribution >= 0.6 is 11.6 Å². The van der Waals surface area contributed by atoms with E-state index >= 15 is 0 Å². The molecule has 94 valence electrons. The summed E-state index contributed by atoms with van der Waals surface area (Å²) in [7, 11) is 0. The van der Waals surface area contributed by atoms with Crippen LogP contribution in [0.4, 0.5) is 4.39 Å². The molecule has 0 saturated carbocycles. The Morgan fingerprint density at radius 2 is 2.17 bits per heavy atom. The smallest absolute Gasteiger partial charge is 0.223 e. The van der Waals surface area contributed by atoms with Crippen molar-refractivity contribution in [1.82, 2.24) is 4.98 Å². The molecule has 0 unspecified atom stereocenters. The Kier molecular flexibility index (Phi) is 3.79. The number of nitrogens with two attached hydrogens (primary N) is 1. The number of pyridine rings is 1. The summed E-state index contributed by atoms with van der Waals surface area (Å²) in [5.41, 5.74) is 7.47. The number of aryl methyl sites for hydroxylation is 1. The van der Waals surface area contributed by atoms with Gasteiger partial charge in [-0.3, -0.25) is 0 Å². The summed E-state index contributed by atoms with van der Waals surface area (Å²) in [6.07, 6.45) is 1.63. The van der Waals surface area contributed by atoms with E-state index in [1.54, 1.807) is 6.20 Å². The average molecular weight is 267 g/mol. The van der Waals surface area contributed by atoms with Crippen molar-refractivity contribution in [2.75, 3.05) is 0 Å². The van der Waals surface area contributed by atoms with E-state index in [9.17, 15) is 4.39 Å². The van der Waals surface area contributed by atoms with Gasteiger partial charge in [-0.2, -0.15) is 0 Å². The topological polar surface area (TPSA) is 48.1 Å². The Hall–Kier alpha value is -1.65. The van der Waals surface area contributed by atoms with E-state index in [1.807, 2.05) is 13.0 Å². The van der Waals surface area contributed by atoms with Crippen molar-refractivity contribution < 1.29 is 9.13 Å². The number of hydrogen-bond donors (Lipinski definition) is 1. The Labute approximate surface area is 109 Å². The van der Waals surface area contributed by atoms with Crippen molar-refractivity contribution >= 4 is 11.6 Å². The molecule has 0 aliphatic carbocycles. The van der Waals surface area contributed by atoms with Gasteiger partial charge in [0, 0.05) is 24.4 Å². The summed E-state index contributed by atoms with van der Waals surface area (Å²) in [5.74, 6) is 0.356. The molecule has 2 rings (SSSR count). The predicted octanol–water partition coefficient (Wildman–Crippen LogP) is 3.43. The molecule has 0 saturated heterocycles. The van der Waals surface area contributed by atoms with Gasteiger partial charge in [0.05, 0.1) is 5.02 Å². The highest BCUT2D eigenvalue weighted by Crippen LogP contribution is 2.27. The largest absolute Gasteiger partial charge is 0.439 e. The highest BCUT2D eigenvalue weighted by molar-refractivity contribution is 6.30. The standard InChI is InChI=1S/C13H12ClFN2O/c1-8-4-5-17-13(10(8)7-16)18-9-2-3-12(15)11(14)6-9/h2-6H,7,16H2,1H3. The van der Waals surface area contributed by atoms with E-state index in [4.69, 9.17) is 22.1 Å². The van der Waals surface area contributed by atoms with E-state index in [-0.39, 0.29) is 5.02 Å². The maximum Gasteiger partial charge on any atom is 0.223 e. The minimum atomic E-state index is -0.486. The van der Waals surface area contributed by atoms with Crippen LogP contribution in [-0.2, 0) is 6.54 Å². The first kappa shape index (κ1) is 12.8. The predicted molar refractivity (Wildman–Crippen MR) is 68.3 cm³/mol. The molecular weight excluding hydrogens is 255 g/mol. The first-order valence-corrected chi connectivity index (χ1v) is 5.77. The fourth-order valence-corrected chi connectivity index (χ4v) is 1.72. The molecule has 0 bridgehead atoms. The molecule has 5 heteroatoms. The number of hydrogen-bond acceptors (Lipinski definition) is 3. The number of aromatic nitrogens is 1. The normalized spacial score (nSPS) is 10.4. The summed E-state index contributed by atoms with van der Waals surface area (Å²) < 4.78 is 18.6. The van der Waals surface area contributed by atoms with Crippen molar-refractivity contribution in [2.45, 2.75) is 13.5 Å². The quantitative estimate of drug-likeness (QED) is 0.926. The van der Waals surface area contributed by atoms with Gasteiger partial charge in [0.25, 0.3) is 0 Å². The van der Waals surface area contributed by atoms with Crippen LogP contribution in [0.25, 0.3) is 0 Å². The Morgan fingerprint density at radius 1 is 1.39 bits per heavy atom. The molecule has 18 heavy (non-hydrogen) atoms. The third-order valence-corrected chi connectivity index (χ3v) is 2.85. The van der Waals surface area contributed by atoms with Crippen LogP contribution in [0.5, 0.6) is 11.6 Å². The lowest BCUT2D eigenvalue weighted by atomic mass is 10.1. The summed E-state index contributed by atoms with van der Waals surface area (Å²) >= 11 is 5.68. The zero-order chi connectivity index (χ0) is 13.1. The Balaban J connectivity index is 2.34. The zero-order valence-electron chi connectivity index (χ0n) is 9.78. The fourth-order valence-electron chi connectivity index (χ4n) is 1.55. The highest BCUT2D eigenvalue weighted by atomic mass is 35.5. The molecule has 0 atom stereocenters. The number of benzene rings is 1. The van der Waals surface area contributed by atoms with Gasteiger partial charge in [0.2, 0.25) is 5.88 Å². The van der Waals surface area contributed by atoms with Gasteiger partial charge in [-0.05, 0) is 30.7 Å². The minimum Gasteiger partial charge on any atom is -0.439 e. The van der Waals surface area contributed by atoms with Gasteiger partial charge in [-0.25, -0.2) is 9.37 Å². The number of ether oxygens (including phenoxy) is 1. The van der Waals surface area contributed by atoms with Crippen LogP contribution in [0, 0.1) is 12.7 Å². The second kappa shape index (κ2) is 5.33. The van der Waals surface area contributed by atoms with Gasteiger partial charge in [-0.1, -0.05) is 11.6 Å². The van der Waals surface area contributed by atoms with Crippen LogP contribution in [0.1, 0.15) is 11.1 Å². The Morgan fingerprint density at radius 3 is 2.83 bits per heavy atom. The molecule has 2 aromatic rings. The SMILES string of the molecule is Cc1ccnc(Oc2ccc(F)c(Cl)c2)c1CN. The summed E-state index contributed by atoms with van der Waals surface area (Å²) in [5, 5.41) is 0.00875. The van der Waals surface area contributed by atoms with E-state index in [0.717, 1.165) is 11.1 Å². The molecule has 0 fully saturated rings. The van der Waals surface area contributed by atoms with Crippen LogP contribution in [0.2, 0.25) is 5.02 Å². The number of halogens is 2. The maximum atomic E-state index is 13.0. The highest BCUT2D eigenvalue weighted by Gasteiger charge is 2.09.